The van der Waals surface area contributed by atoms with E-state index < -0.39 is 0 Å². The second-order valence-electron chi connectivity index (χ2n) is 5.86. The SMILES string of the molecule is CNCc1ccc(CN(C)C(C)C(C)(C)C)s1. The highest BCUT2D eigenvalue weighted by molar-refractivity contribution is 7.11. The number of nitrogens with one attached hydrogen (secondary N) is 1. The Morgan fingerprint density at radius 1 is 1.29 bits per heavy atom. The molecule has 0 spiro atoms. The summed E-state index contributed by atoms with van der Waals surface area (Å²) in [7, 11) is 4.21. The number of hydrogen-bond donors (Lipinski definition) is 1. The zero-order valence-corrected chi connectivity index (χ0v) is 12.8. The van der Waals surface area contributed by atoms with E-state index in [2.05, 4.69) is 57.1 Å². The highest BCUT2D eigenvalue weighted by atomic mass is 32.1. The van der Waals surface area contributed by atoms with Gasteiger partial charge in [-0.05, 0) is 38.6 Å². The molecule has 0 bridgehead atoms. The summed E-state index contributed by atoms with van der Waals surface area (Å²) in [6.07, 6.45) is 0. The van der Waals surface area contributed by atoms with Gasteiger partial charge in [-0.3, -0.25) is 4.90 Å². The van der Waals surface area contributed by atoms with E-state index in [0.717, 1.165) is 13.1 Å². The number of nitrogens with zero attached hydrogens (tertiary/aromatic N) is 1. The molecule has 0 aliphatic rings. The zero-order valence-electron chi connectivity index (χ0n) is 12.0. The third-order valence-electron chi connectivity index (χ3n) is 3.39. The van der Waals surface area contributed by atoms with Crippen LogP contribution < -0.4 is 5.32 Å². The second kappa shape index (κ2) is 5.98. The fourth-order valence-corrected chi connectivity index (χ4v) is 2.91. The first-order valence-electron chi connectivity index (χ1n) is 6.27. The van der Waals surface area contributed by atoms with Gasteiger partial charge in [-0.1, -0.05) is 20.8 Å². The molecule has 17 heavy (non-hydrogen) atoms. The molecule has 1 aromatic rings. The molecular formula is C14H26N2S. The third kappa shape index (κ3) is 4.41. The lowest BCUT2D eigenvalue weighted by atomic mass is 9.87. The van der Waals surface area contributed by atoms with Gasteiger partial charge in [-0.15, -0.1) is 11.3 Å². The molecule has 98 valence electrons. The molecule has 0 radical (unpaired) electrons. The lowest BCUT2D eigenvalue weighted by molar-refractivity contribution is 0.136. The van der Waals surface area contributed by atoms with E-state index in [0.29, 0.717) is 11.5 Å². The standard InChI is InChI=1S/C14H26N2S/c1-11(14(2,3)4)16(6)10-13-8-7-12(17-13)9-15-5/h7-8,11,15H,9-10H2,1-6H3. The Morgan fingerprint density at radius 3 is 2.41 bits per heavy atom. The van der Waals surface area contributed by atoms with Gasteiger partial charge in [0.1, 0.15) is 0 Å². The van der Waals surface area contributed by atoms with E-state index in [-0.39, 0.29) is 0 Å². The molecule has 0 saturated heterocycles. The summed E-state index contributed by atoms with van der Waals surface area (Å²) in [5.74, 6) is 0. The summed E-state index contributed by atoms with van der Waals surface area (Å²) >= 11 is 1.91. The first kappa shape index (κ1) is 14.7. The Hall–Kier alpha value is -0.380. The van der Waals surface area contributed by atoms with E-state index in [1.165, 1.54) is 9.75 Å². The Balaban J connectivity index is 2.58. The van der Waals surface area contributed by atoms with Gasteiger partial charge >= 0.3 is 0 Å². The fourth-order valence-electron chi connectivity index (χ4n) is 1.82. The Kier molecular flexibility index (Phi) is 5.17. The Labute approximate surface area is 110 Å². The van der Waals surface area contributed by atoms with E-state index in [9.17, 15) is 0 Å². The van der Waals surface area contributed by atoms with Crippen molar-refractivity contribution < 1.29 is 0 Å². The van der Waals surface area contributed by atoms with E-state index in [1.54, 1.807) is 0 Å². The van der Waals surface area contributed by atoms with E-state index in [1.807, 2.05) is 18.4 Å². The minimum Gasteiger partial charge on any atom is -0.315 e. The smallest absolute Gasteiger partial charge is 0.0328 e. The third-order valence-corrected chi connectivity index (χ3v) is 4.46. The summed E-state index contributed by atoms with van der Waals surface area (Å²) < 4.78 is 0. The van der Waals surface area contributed by atoms with Crippen molar-refractivity contribution in [2.75, 3.05) is 14.1 Å². The first-order chi connectivity index (χ1) is 7.84. The van der Waals surface area contributed by atoms with Gasteiger partial charge in [-0.25, -0.2) is 0 Å². The van der Waals surface area contributed by atoms with Crippen LogP contribution in [0.25, 0.3) is 0 Å². The number of thiophene rings is 1. The number of hydrogen-bond acceptors (Lipinski definition) is 3. The van der Waals surface area contributed by atoms with Gasteiger partial charge in [0.15, 0.2) is 0 Å². The molecule has 1 N–H and O–H groups in total. The molecular weight excluding hydrogens is 228 g/mol. The lowest BCUT2D eigenvalue weighted by Crippen LogP contribution is -2.38. The van der Waals surface area contributed by atoms with Crippen molar-refractivity contribution in [2.45, 2.75) is 46.8 Å². The average molecular weight is 254 g/mol. The molecule has 2 nitrogen and oxygen atoms in total. The molecule has 1 rings (SSSR count). The molecule has 0 aliphatic carbocycles. The first-order valence-corrected chi connectivity index (χ1v) is 7.08. The maximum Gasteiger partial charge on any atom is 0.0328 e. The Bertz CT molecular complexity index is 338. The van der Waals surface area contributed by atoms with Crippen LogP contribution >= 0.6 is 11.3 Å². The molecule has 0 aromatic carbocycles. The van der Waals surface area contributed by atoms with Crippen molar-refractivity contribution in [3.8, 4) is 0 Å². The van der Waals surface area contributed by atoms with Crippen LogP contribution in [0, 0.1) is 5.41 Å². The molecule has 3 heteroatoms. The maximum atomic E-state index is 3.19. The monoisotopic (exact) mass is 254 g/mol. The number of rotatable bonds is 5. The van der Waals surface area contributed by atoms with Crippen LogP contribution in [0.3, 0.4) is 0 Å². The van der Waals surface area contributed by atoms with Gasteiger partial charge in [0, 0.05) is 28.9 Å². The van der Waals surface area contributed by atoms with Crippen LogP contribution in [-0.4, -0.2) is 25.0 Å². The normalized spacial score (nSPS) is 14.3. The van der Waals surface area contributed by atoms with Gasteiger partial charge in [0.2, 0.25) is 0 Å². The van der Waals surface area contributed by atoms with E-state index >= 15 is 0 Å². The maximum absolute atomic E-state index is 3.19. The van der Waals surface area contributed by atoms with Crippen molar-refractivity contribution in [1.82, 2.24) is 10.2 Å². The minimum atomic E-state index is 0.333. The minimum absolute atomic E-state index is 0.333. The van der Waals surface area contributed by atoms with Crippen molar-refractivity contribution in [2.24, 2.45) is 5.41 Å². The molecule has 1 atom stereocenters. The molecule has 1 aromatic heterocycles. The summed E-state index contributed by atoms with van der Waals surface area (Å²) in [6.45, 7) is 11.2. The van der Waals surface area contributed by atoms with E-state index in [4.69, 9.17) is 0 Å². The van der Waals surface area contributed by atoms with Crippen LogP contribution in [-0.2, 0) is 13.1 Å². The van der Waals surface area contributed by atoms with Crippen molar-refractivity contribution >= 4 is 11.3 Å². The molecule has 1 heterocycles. The van der Waals surface area contributed by atoms with Crippen LogP contribution in [0.1, 0.15) is 37.4 Å². The summed E-state index contributed by atoms with van der Waals surface area (Å²) in [4.78, 5) is 5.31. The Morgan fingerprint density at radius 2 is 1.88 bits per heavy atom. The molecule has 1 unspecified atom stereocenters. The van der Waals surface area contributed by atoms with Gasteiger partial charge in [-0.2, -0.15) is 0 Å². The largest absolute Gasteiger partial charge is 0.315 e. The van der Waals surface area contributed by atoms with Crippen LogP contribution in [0.15, 0.2) is 12.1 Å². The molecule has 0 aliphatic heterocycles. The molecule has 0 fully saturated rings. The zero-order chi connectivity index (χ0) is 13.1. The summed E-state index contributed by atoms with van der Waals surface area (Å²) in [6, 6.07) is 5.06. The van der Waals surface area contributed by atoms with Crippen LogP contribution in [0.5, 0.6) is 0 Å². The summed E-state index contributed by atoms with van der Waals surface area (Å²) in [5.41, 5.74) is 0.333. The molecule has 0 amide bonds. The highest BCUT2D eigenvalue weighted by Crippen LogP contribution is 2.25. The molecule has 0 saturated carbocycles. The second-order valence-corrected chi connectivity index (χ2v) is 7.11. The van der Waals surface area contributed by atoms with Crippen LogP contribution in [0.4, 0.5) is 0 Å². The highest BCUT2D eigenvalue weighted by Gasteiger charge is 2.23. The van der Waals surface area contributed by atoms with Crippen molar-refractivity contribution in [1.29, 1.82) is 0 Å². The lowest BCUT2D eigenvalue weighted by Gasteiger charge is -2.35. The topological polar surface area (TPSA) is 15.3 Å². The van der Waals surface area contributed by atoms with Crippen LogP contribution in [0.2, 0.25) is 0 Å². The predicted octanol–water partition coefficient (Wildman–Crippen LogP) is 3.33. The predicted molar refractivity (Wildman–Crippen MR) is 77.5 cm³/mol. The fraction of sp³-hybridized carbons (Fsp3) is 0.714. The van der Waals surface area contributed by atoms with Gasteiger partial charge in [0.25, 0.3) is 0 Å². The quantitative estimate of drug-likeness (QED) is 0.867. The van der Waals surface area contributed by atoms with Crippen molar-refractivity contribution in [3.05, 3.63) is 21.9 Å². The van der Waals surface area contributed by atoms with Gasteiger partial charge < -0.3 is 5.32 Å². The average Bonchev–Trinajstić information content (AvgIpc) is 2.63. The van der Waals surface area contributed by atoms with Crippen molar-refractivity contribution in [3.63, 3.8) is 0 Å². The summed E-state index contributed by atoms with van der Waals surface area (Å²) in [5, 5.41) is 3.19. The van der Waals surface area contributed by atoms with Gasteiger partial charge in [0.05, 0.1) is 0 Å².